The highest BCUT2D eigenvalue weighted by atomic mass is 28.5. The molecule has 0 radical (unpaired) electrons. The van der Waals surface area contributed by atoms with Gasteiger partial charge in [-0.1, -0.05) is 13.3 Å². The molecule has 2 rings (SSSR count). The van der Waals surface area contributed by atoms with Crippen LogP contribution in [0.2, 0.25) is 32.2 Å². The Kier molecular flexibility index (Phi) is 5.43. The molecule has 0 saturated carbocycles. The Morgan fingerprint density at radius 2 is 1.80 bits per heavy atom. The molecule has 0 aromatic carbocycles. The Hall–Kier alpha value is 0.628. The lowest BCUT2D eigenvalue weighted by Gasteiger charge is -2.42. The number of hydrogen-bond acceptors (Lipinski definition) is 6. The topological polar surface area (TPSA) is 58.7 Å². The van der Waals surface area contributed by atoms with E-state index in [0.717, 1.165) is 19.1 Å². The summed E-state index contributed by atoms with van der Waals surface area (Å²) in [6, 6.07) is 0.817. The van der Waals surface area contributed by atoms with Crippen LogP contribution in [-0.4, -0.2) is 55.3 Å². The van der Waals surface area contributed by atoms with Crippen LogP contribution >= 0.6 is 0 Å². The average molecular weight is 355 g/mol. The van der Waals surface area contributed by atoms with Crippen LogP contribution in [0.3, 0.4) is 0 Å². The second kappa shape index (κ2) is 6.40. The molecule has 0 bridgehead atoms. The average Bonchev–Trinajstić information content (AvgIpc) is 3.06. The summed E-state index contributed by atoms with van der Waals surface area (Å²) in [4.78, 5) is 0. The molecular formula is C10H26O6Si4. The molecule has 2 heterocycles. The Labute approximate surface area is 127 Å². The minimum absolute atomic E-state index is 0.216. The van der Waals surface area contributed by atoms with Crippen molar-refractivity contribution in [3.63, 3.8) is 0 Å². The van der Waals surface area contributed by atoms with Gasteiger partial charge in [0.2, 0.25) is 0 Å². The van der Waals surface area contributed by atoms with Crippen LogP contribution in [0.15, 0.2) is 0 Å². The highest BCUT2D eigenvalue weighted by Crippen LogP contribution is 2.29. The standard InChI is InChI=1S/C10H26O6Si4/c1-6-7-20(12-9-10-8-11-10)14-17-13-18(2,3)15-19(4,5)16-20/h10H,6-9,17H2,1-5H3. The molecule has 2 aliphatic rings. The van der Waals surface area contributed by atoms with E-state index >= 15 is 0 Å². The summed E-state index contributed by atoms with van der Waals surface area (Å²) in [5.74, 6) is 0. The van der Waals surface area contributed by atoms with E-state index in [-0.39, 0.29) is 6.10 Å². The molecule has 0 aromatic rings. The Bertz CT molecular complexity index is 338. The van der Waals surface area contributed by atoms with Gasteiger partial charge in [0.05, 0.1) is 13.2 Å². The van der Waals surface area contributed by atoms with E-state index in [1.54, 1.807) is 0 Å². The molecule has 10 heteroatoms. The number of hydrogen-bond donors (Lipinski definition) is 0. The van der Waals surface area contributed by atoms with E-state index in [2.05, 4.69) is 33.1 Å². The Morgan fingerprint density at radius 1 is 1.10 bits per heavy atom. The fourth-order valence-corrected chi connectivity index (χ4v) is 17.4. The molecule has 0 aliphatic carbocycles. The highest BCUT2D eigenvalue weighted by molar-refractivity contribution is 6.86. The molecule has 2 saturated heterocycles. The summed E-state index contributed by atoms with van der Waals surface area (Å²) in [5.41, 5.74) is 0. The lowest BCUT2D eigenvalue weighted by molar-refractivity contribution is 0.123. The fourth-order valence-electron chi connectivity index (χ4n) is 2.26. The fraction of sp³-hybridized carbons (Fsp3) is 1.00. The lowest BCUT2D eigenvalue weighted by atomic mass is 10.5. The molecule has 20 heavy (non-hydrogen) atoms. The predicted molar refractivity (Wildman–Crippen MR) is 84.4 cm³/mol. The first-order chi connectivity index (χ1) is 9.26. The van der Waals surface area contributed by atoms with Gasteiger partial charge in [0.1, 0.15) is 6.10 Å². The molecular weight excluding hydrogens is 328 g/mol. The first kappa shape index (κ1) is 17.0. The van der Waals surface area contributed by atoms with Crippen LogP contribution in [0.5, 0.6) is 0 Å². The van der Waals surface area contributed by atoms with Gasteiger partial charge in [0.15, 0.2) is 0 Å². The molecule has 0 aromatic heterocycles. The quantitative estimate of drug-likeness (QED) is 0.547. The summed E-state index contributed by atoms with van der Waals surface area (Å²) in [6.07, 6.45) is 1.19. The molecule has 0 N–H and O–H groups in total. The van der Waals surface area contributed by atoms with Crippen molar-refractivity contribution in [2.75, 3.05) is 13.2 Å². The van der Waals surface area contributed by atoms with Crippen molar-refractivity contribution in [2.24, 2.45) is 0 Å². The van der Waals surface area contributed by atoms with Crippen molar-refractivity contribution >= 4 is 35.9 Å². The van der Waals surface area contributed by atoms with Gasteiger partial charge >= 0.3 is 25.9 Å². The molecule has 2 atom stereocenters. The van der Waals surface area contributed by atoms with Gasteiger partial charge in [0, 0.05) is 6.04 Å². The second-order valence-corrected chi connectivity index (χ2v) is 18.0. The van der Waals surface area contributed by atoms with Crippen molar-refractivity contribution in [1.82, 2.24) is 0 Å². The third-order valence-electron chi connectivity index (χ3n) is 3.03. The summed E-state index contributed by atoms with van der Waals surface area (Å²) >= 11 is 0. The summed E-state index contributed by atoms with van der Waals surface area (Å²) in [7, 11) is -8.20. The van der Waals surface area contributed by atoms with Crippen molar-refractivity contribution < 1.29 is 25.6 Å². The van der Waals surface area contributed by atoms with E-state index < -0.39 is 35.9 Å². The first-order valence-electron chi connectivity index (χ1n) is 7.20. The monoisotopic (exact) mass is 354 g/mol. The third kappa shape index (κ3) is 5.12. The minimum atomic E-state index is -2.67. The van der Waals surface area contributed by atoms with Gasteiger partial charge in [-0.2, -0.15) is 0 Å². The van der Waals surface area contributed by atoms with Crippen molar-refractivity contribution in [1.29, 1.82) is 0 Å². The van der Waals surface area contributed by atoms with Gasteiger partial charge in [-0.25, -0.2) is 0 Å². The molecule has 6 nitrogen and oxygen atoms in total. The van der Waals surface area contributed by atoms with Crippen LogP contribution < -0.4 is 0 Å². The van der Waals surface area contributed by atoms with Gasteiger partial charge in [0.25, 0.3) is 10.0 Å². The second-order valence-electron chi connectivity index (χ2n) is 6.11. The van der Waals surface area contributed by atoms with Gasteiger partial charge in [-0.15, -0.1) is 0 Å². The van der Waals surface area contributed by atoms with E-state index in [9.17, 15) is 0 Å². The zero-order valence-corrected chi connectivity index (χ0v) is 17.5. The van der Waals surface area contributed by atoms with E-state index in [4.69, 9.17) is 25.6 Å². The molecule has 0 amide bonds. The molecule has 2 fully saturated rings. The van der Waals surface area contributed by atoms with Gasteiger partial charge < -0.3 is 25.6 Å². The molecule has 0 spiro atoms. The van der Waals surface area contributed by atoms with Gasteiger partial charge in [-0.05, 0) is 26.2 Å². The maximum atomic E-state index is 6.37. The molecule has 2 unspecified atom stereocenters. The highest BCUT2D eigenvalue weighted by Gasteiger charge is 2.51. The van der Waals surface area contributed by atoms with E-state index in [1.807, 2.05) is 0 Å². The van der Waals surface area contributed by atoms with Crippen LogP contribution in [0.1, 0.15) is 13.3 Å². The zero-order chi connectivity index (χ0) is 14.9. The largest absolute Gasteiger partial charge is 0.482 e. The minimum Gasteiger partial charge on any atom is -0.420 e. The summed E-state index contributed by atoms with van der Waals surface area (Å²) in [6.45, 7) is 11.7. The summed E-state index contributed by atoms with van der Waals surface area (Å²) in [5, 5.41) is 0. The van der Waals surface area contributed by atoms with Crippen LogP contribution in [0.4, 0.5) is 0 Å². The zero-order valence-electron chi connectivity index (χ0n) is 13.1. The summed E-state index contributed by atoms with van der Waals surface area (Å²) < 4.78 is 35.9. The number of rotatable bonds is 5. The van der Waals surface area contributed by atoms with Crippen LogP contribution in [-0.2, 0) is 25.6 Å². The molecule has 118 valence electrons. The van der Waals surface area contributed by atoms with Crippen LogP contribution in [0, 0.1) is 0 Å². The maximum absolute atomic E-state index is 6.37. The Balaban J connectivity index is 2.07. The Morgan fingerprint density at radius 3 is 2.40 bits per heavy atom. The van der Waals surface area contributed by atoms with Crippen LogP contribution in [0.25, 0.3) is 0 Å². The van der Waals surface area contributed by atoms with E-state index in [0.29, 0.717) is 6.61 Å². The number of ether oxygens (including phenoxy) is 1. The SMILES string of the molecule is CCC[Si]1(OCC2CO2)O[SiH2]O[Si](C)(C)O[Si](C)(C)O1. The van der Waals surface area contributed by atoms with Crippen molar-refractivity contribution in [3.8, 4) is 0 Å². The normalized spacial score (nSPS) is 37.4. The van der Waals surface area contributed by atoms with Crippen molar-refractivity contribution in [2.45, 2.75) is 51.7 Å². The van der Waals surface area contributed by atoms with Gasteiger partial charge in [-0.3, -0.25) is 0 Å². The predicted octanol–water partition coefficient (Wildman–Crippen LogP) is 1.23. The lowest BCUT2D eigenvalue weighted by Crippen LogP contribution is -2.61. The smallest absolute Gasteiger partial charge is 0.420 e. The number of epoxide rings is 1. The molecule has 2 aliphatic heterocycles. The third-order valence-corrected chi connectivity index (χ3v) is 17.4. The van der Waals surface area contributed by atoms with Crippen molar-refractivity contribution in [3.05, 3.63) is 0 Å². The first-order valence-corrected chi connectivity index (χ1v) is 15.9. The van der Waals surface area contributed by atoms with E-state index in [1.165, 1.54) is 0 Å². The maximum Gasteiger partial charge on any atom is 0.482 e.